The minimum absolute atomic E-state index is 0.130. The molecule has 1 atom stereocenters. The quantitative estimate of drug-likeness (QED) is 0.867. The third-order valence-corrected chi connectivity index (χ3v) is 3.87. The minimum atomic E-state index is -4.32. The van der Waals surface area contributed by atoms with Crippen LogP contribution >= 0.6 is 0 Å². The Morgan fingerprint density at radius 2 is 2.12 bits per heavy atom. The van der Waals surface area contributed by atoms with Gasteiger partial charge in [0.2, 0.25) is 5.91 Å². The zero-order valence-corrected chi connectivity index (χ0v) is 14.3. The van der Waals surface area contributed by atoms with E-state index in [0.29, 0.717) is 5.69 Å². The third kappa shape index (κ3) is 5.60. The van der Waals surface area contributed by atoms with Crippen LogP contribution in [0.1, 0.15) is 18.3 Å². The predicted molar refractivity (Wildman–Crippen MR) is 89.0 cm³/mol. The summed E-state index contributed by atoms with van der Waals surface area (Å²) in [6, 6.07) is 6.87. The molecule has 0 aliphatic carbocycles. The Morgan fingerprint density at radius 1 is 1.40 bits per heavy atom. The van der Waals surface area contributed by atoms with E-state index in [1.54, 1.807) is 24.9 Å². The molecule has 1 N–H and O–H groups in total. The number of hydrogen-bond acceptors (Lipinski definition) is 3. The summed E-state index contributed by atoms with van der Waals surface area (Å²) in [7, 11) is 1.67. The summed E-state index contributed by atoms with van der Waals surface area (Å²) in [5, 5.41) is 2.81. The van der Waals surface area contributed by atoms with Crippen molar-refractivity contribution in [2.75, 3.05) is 12.4 Å². The molecule has 2 aromatic rings. The highest BCUT2D eigenvalue weighted by Crippen LogP contribution is 2.19. The number of nitrogens with zero attached hydrogens (tertiary/aromatic N) is 3. The molecule has 0 fully saturated rings. The van der Waals surface area contributed by atoms with Gasteiger partial charge < -0.3 is 9.88 Å². The number of nitrogens with one attached hydrogen (secondary N) is 1. The summed E-state index contributed by atoms with van der Waals surface area (Å²) in [4.78, 5) is 18.0. The van der Waals surface area contributed by atoms with Crippen molar-refractivity contribution in [3.05, 3.63) is 48.0 Å². The number of aromatic nitrogens is 2. The highest BCUT2D eigenvalue weighted by molar-refractivity contribution is 5.94. The van der Waals surface area contributed by atoms with Gasteiger partial charge in [-0.15, -0.1) is 0 Å². The molecular formula is C17H21F3N4O. The Kier molecular flexibility index (Phi) is 5.84. The summed E-state index contributed by atoms with van der Waals surface area (Å²) in [5.41, 5.74) is 1.71. The van der Waals surface area contributed by atoms with E-state index in [-0.39, 0.29) is 18.3 Å². The molecule has 2 rings (SSSR count). The smallest absolute Gasteiger partial charge is 0.325 e. The molecule has 0 aliphatic heterocycles. The normalized spacial score (nSPS) is 13.1. The second-order valence-electron chi connectivity index (χ2n) is 6.04. The number of alkyl halides is 3. The topological polar surface area (TPSA) is 50.2 Å². The number of amides is 1. The Bertz CT molecular complexity index is 727. The fraction of sp³-hybridized carbons (Fsp3) is 0.412. The number of likely N-dealkylation sites (N-methyl/N-ethyl adjacent to an activating group) is 1. The first-order valence-corrected chi connectivity index (χ1v) is 7.80. The third-order valence-electron chi connectivity index (χ3n) is 3.87. The van der Waals surface area contributed by atoms with E-state index in [1.165, 1.54) is 12.4 Å². The Morgan fingerprint density at radius 3 is 2.76 bits per heavy atom. The average molecular weight is 354 g/mol. The van der Waals surface area contributed by atoms with Crippen molar-refractivity contribution in [2.45, 2.75) is 39.2 Å². The average Bonchev–Trinajstić information content (AvgIpc) is 2.91. The molecule has 0 radical (unpaired) electrons. The van der Waals surface area contributed by atoms with Crippen LogP contribution in [0.3, 0.4) is 0 Å². The van der Waals surface area contributed by atoms with Crippen LogP contribution in [0.25, 0.3) is 0 Å². The van der Waals surface area contributed by atoms with Gasteiger partial charge in [-0.2, -0.15) is 13.2 Å². The SMILES string of the molecule is Cc1cccc(NC(=O)C(C)N(C)Cc2nccn2CC(F)(F)F)c1. The van der Waals surface area contributed by atoms with Crippen LogP contribution in [-0.4, -0.2) is 39.6 Å². The summed E-state index contributed by atoms with van der Waals surface area (Å²) in [6.07, 6.45) is -1.71. The van der Waals surface area contributed by atoms with Gasteiger partial charge in [0.05, 0.1) is 12.6 Å². The van der Waals surface area contributed by atoms with Gasteiger partial charge >= 0.3 is 6.18 Å². The van der Waals surface area contributed by atoms with Gasteiger partial charge in [-0.05, 0) is 38.6 Å². The van der Waals surface area contributed by atoms with E-state index in [4.69, 9.17) is 0 Å². The maximum absolute atomic E-state index is 12.6. The number of rotatable bonds is 6. The molecule has 0 bridgehead atoms. The van der Waals surface area contributed by atoms with Gasteiger partial charge in [-0.3, -0.25) is 9.69 Å². The highest BCUT2D eigenvalue weighted by atomic mass is 19.4. The molecule has 0 aliphatic rings. The first kappa shape index (κ1) is 19.0. The highest BCUT2D eigenvalue weighted by Gasteiger charge is 2.29. The number of hydrogen-bond donors (Lipinski definition) is 1. The number of anilines is 1. The maximum atomic E-state index is 12.6. The first-order valence-electron chi connectivity index (χ1n) is 7.80. The lowest BCUT2D eigenvalue weighted by Gasteiger charge is -2.24. The number of carbonyl (C=O) groups excluding carboxylic acids is 1. The van der Waals surface area contributed by atoms with Crippen LogP contribution in [0.15, 0.2) is 36.7 Å². The van der Waals surface area contributed by atoms with Crippen molar-refractivity contribution >= 4 is 11.6 Å². The second-order valence-corrected chi connectivity index (χ2v) is 6.04. The molecule has 1 amide bonds. The molecule has 1 aromatic heterocycles. The van der Waals surface area contributed by atoms with Gasteiger partial charge in [0, 0.05) is 18.1 Å². The van der Waals surface area contributed by atoms with Gasteiger partial charge in [0.25, 0.3) is 0 Å². The Balaban J connectivity index is 1.99. The van der Waals surface area contributed by atoms with Crippen molar-refractivity contribution in [3.63, 3.8) is 0 Å². The molecule has 0 saturated heterocycles. The van der Waals surface area contributed by atoms with Crippen LogP contribution in [-0.2, 0) is 17.9 Å². The number of imidazole rings is 1. The second kappa shape index (κ2) is 7.69. The predicted octanol–water partition coefficient (Wildman–Crippen LogP) is 3.21. The lowest BCUT2D eigenvalue weighted by Crippen LogP contribution is -2.39. The van der Waals surface area contributed by atoms with Gasteiger partial charge in [0.1, 0.15) is 12.4 Å². The number of halogens is 3. The number of benzene rings is 1. The van der Waals surface area contributed by atoms with E-state index in [0.717, 1.165) is 10.1 Å². The van der Waals surface area contributed by atoms with Crippen LogP contribution in [0.5, 0.6) is 0 Å². The lowest BCUT2D eigenvalue weighted by atomic mass is 10.2. The van der Waals surface area contributed by atoms with E-state index in [1.807, 2.05) is 25.1 Å². The molecule has 136 valence electrons. The number of aryl methyl sites for hydroxylation is 1. The van der Waals surface area contributed by atoms with Crippen molar-refractivity contribution in [1.82, 2.24) is 14.5 Å². The maximum Gasteiger partial charge on any atom is 0.406 e. The molecule has 5 nitrogen and oxygen atoms in total. The van der Waals surface area contributed by atoms with E-state index in [9.17, 15) is 18.0 Å². The lowest BCUT2D eigenvalue weighted by molar-refractivity contribution is -0.141. The first-order chi connectivity index (χ1) is 11.7. The van der Waals surface area contributed by atoms with Gasteiger partial charge in [0.15, 0.2) is 0 Å². The summed E-state index contributed by atoms with van der Waals surface area (Å²) >= 11 is 0. The van der Waals surface area contributed by atoms with Crippen molar-refractivity contribution in [2.24, 2.45) is 0 Å². The van der Waals surface area contributed by atoms with Crippen LogP contribution < -0.4 is 5.32 Å². The van der Waals surface area contributed by atoms with E-state index < -0.39 is 18.8 Å². The van der Waals surface area contributed by atoms with Crippen molar-refractivity contribution in [3.8, 4) is 0 Å². The zero-order chi connectivity index (χ0) is 18.6. The van der Waals surface area contributed by atoms with E-state index in [2.05, 4.69) is 10.3 Å². The molecule has 1 unspecified atom stereocenters. The Hall–Kier alpha value is -2.35. The Labute approximate surface area is 144 Å². The van der Waals surface area contributed by atoms with Gasteiger partial charge in [-0.1, -0.05) is 12.1 Å². The van der Waals surface area contributed by atoms with Crippen LogP contribution in [0, 0.1) is 6.92 Å². The van der Waals surface area contributed by atoms with Crippen LogP contribution in [0.4, 0.5) is 18.9 Å². The molecule has 1 aromatic carbocycles. The zero-order valence-electron chi connectivity index (χ0n) is 14.3. The molecular weight excluding hydrogens is 333 g/mol. The molecule has 0 spiro atoms. The van der Waals surface area contributed by atoms with Gasteiger partial charge in [-0.25, -0.2) is 4.98 Å². The summed E-state index contributed by atoms with van der Waals surface area (Å²) < 4.78 is 38.8. The standard InChI is InChI=1S/C17H21F3N4O/c1-12-5-4-6-14(9-12)22-16(25)13(2)23(3)10-15-21-7-8-24(15)11-17(18,19)20/h4-9,13H,10-11H2,1-3H3,(H,22,25). The summed E-state index contributed by atoms with van der Waals surface area (Å²) in [6.45, 7) is 2.65. The molecule has 8 heteroatoms. The molecule has 0 saturated carbocycles. The van der Waals surface area contributed by atoms with Crippen LogP contribution in [0.2, 0.25) is 0 Å². The minimum Gasteiger partial charge on any atom is -0.325 e. The fourth-order valence-electron chi connectivity index (χ4n) is 2.36. The fourth-order valence-corrected chi connectivity index (χ4v) is 2.36. The number of carbonyl (C=O) groups is 1. The molecule has 25 heavy (non-hydrogen) atoms. The molecule has 1 heterocycles. The van der Waals surface area contributed by atoms with Crippen molar-refractivity contribution in [1.29, 1.82) is 0 Å². The summed E-state index contributed by atoms with van der Waals surface area (Å²) in [5.74, 6) is 0.0251. The monoisotopic (exact) mass is 354 g/mol. The van der Waals surface area contributed by atoms with Crippen molar-refractivity contribution < 1.29 is 18.0 Å². The van der Waals surface area contributed by atoms with E-state index >= 15 is 0 Å². The largest absolute Gasteiger partial charge is 0.406 e.